The van der Waals surface area contributed by atoms with Gasteiger partial charge in [0.25, 0.3) is 0 Å². The van der Waals surface area contributed by atoms with Crippen molar-refractivity contribution in [3.05, 3.63) is 28.8 Å². The van der Waals surface area contributed by atoms with Gasteiger partial charge >= 0.3 is 0 Å². The molecule has 0 saturated heterocycles. The first-order chi connectivity index (χ1) is 7.77. The molecule has 1 aliphatic rings. The molecule has 0 spiro atoms. The molecule has 16 heavy (non-hydrogen) atoms. The Kier molecular flexibility index (Phi) is 3.83. The van der Waals surface area contributed by atoms with Crippen molar-refractivity contribution in [1.29, 1.82) is 0 Å². The van der Waals surface area contributed by atoms with E-state index in [1.54, 1.807) is 0 Å². The summed E-state index contributed by atoms with van der Waals surface area (Å²) in [7, 11) is 0. The van der Waals surface area contributed by atoms with E-state index in [-0.39, 0.29) is 0 Å². The van der Waals surface area contributed by atoms with Gasteiger partial charge in [0.1, 0.15) is 11.5 Å². The monoisotopic (exact) mass is 238 g/mol. The molecule has 0 radical (unpaired) electrons. The van der Waals surface area contributed by atoms with Crippen molar-refractivity contribution in [2.24, 2.45) is 0 Å². The zero-order valence-electron chi connectivity index (χ0n) is 9.17. The van der Waals surface area contributed by atoms with Gasteiger partial charge in [0.2, 0.25) is 0 Å². The molecule has 1 heterocycles. The van der Waals surface area contributed by atoms with Crippen LogP contribution in [0.4, 0.5) is 0 Å². The maximum absolute atomic E-state index is 11.4. The first-order valence-corrected chi connectivity index (χ1v) is 6.07. The van der Waals surface area contributed by atoms with Crippen molar-refractivity contribution in [2.75, 3.05) is 6.61 Å². The molecule has 0 fully saturated rings. The number of ketones is 1. The minimum absolute atomic E-state index is 0.297. The van der Waals surface area contributed by atoms with Crippen molar-refractivity contribution in [1.82, 2.24) is 0 Å². The number of Topliss-reactive ketones (excluding diaryl/α,β-unsaturated/α-hetero) is 1. The molecule has 86 valence electrons. The summed E-state index contributed by atoms with van der Waals surface area (Å²) in [5.41, 5.74) is 1.08. The largest absolute Gasteiger partial charge is 0.493 e. The van der Waals surface area contributed by atoms with Crippen LogP contribution in [0.25, 0.3) is 0 Å². The van der Waals surface area contributed by atoms with Crippen molar-refractivity contribution < 1.29 is 9.53 Å². The van der Waals surface area contributed by atoms with E-state index in [0.717, 1.165) is 35.6 Å². The van der Waals surface area contributed by atoms with Crippen molar-refractivity contribution in [2.45, 2.75) is 32.1 Å². The van der Waals surface area contributed by atoms with Gasteiger partial charge in [-0.3, -0.25) is 4.79 Å². The van der Waals surface area contributed by atoms with E-state index in [4.69, 9.17) is 16.3 Å². The highest BCUT2D eigenvalue weighted by molar-refractivity contribution is 6.31. The number of rotatable bonds is 0. The van der Waals surface area contributed by atoms with Gasteiger partial charge in [-0.1, -0.05) is 17.7 Å². The number of carbonyl (C=O) groups is 1. The molecule has 0 unspecified atom stereocenters. The van der Waals surface area contributed by atoms with E-state index in [1.165, 1.54) is 0 Å². The Morgan fingerprint density at radius 2 is 1.94 bits per heavy atom. The minimum Gasteiger partial charge on any atom is -0.493 e. The number of benzene rings is 1. The number of carbonyl (C=O) groups excluding carboxylic acids is 1. The number of ether oxygens (including phenoxy) is 1. The fourth-order valence-corrected chi connectivity index (χ4v) is 2.20. The highest BCUT2D eigenvalue weighted by atomic mass is 35.5. The molecule has 0 amide bonds. The highest BCUT2D eigenvalue weighted by Crippen LogP contribution is 2.29. The van der Waals surface area contributed by atoms with Crippen LogP contribution < -0.4 is 4.74 Å². The third-order valence-corrected chi connectivity index (χ3v) is 3.20. The van der Waals surface area contributed by atoms with Crippen LogP contribution in [0.1, 0.15) is 31.2 Å². The lowest BCUT2D eigenvalue weighted by atomic mass is 10.0. The van der Waals surface area contributed by atoms with Gasteiger partial charge in [-0.25, -0.2) is 0 Å². The van der Waals surface area contributed by atoms with E-state index in [1.807, 2.05) is 18.2 Å². The second-order valence-corrected chi connectivity index (χ2v) is 4.47. The summed E-state index contributed by atoms with van der Waals surface area (Å²) in [6, 6.07) is 5.70. The van der Waals surface area contributed by atoms with Gasteiger partial charge < -0.3 is 4.74 Å². The van der Waals surface area contributed by atoms with E-state index >= 15 is 0 Å². The lowest BCUT2D eigenvalue weighted by Crippen LogP contribution is -2.09. The van der Waals surface area contributed by atoms with Gasteiger partial charge in [-0.2, -0.15) is 0 Å². The van der Waals surface area contributed by atoms with Crippen molar-refractivity contribution >= 4 is 17.4 Å². The molecule has 2 nitrogen and oxygen atoms in total. The number of hydrogen-bond acceptors (Lipinski definition) is 2. The molecule has 1 aromatic rings. The SMILES string of the molecule is O=C1CCCCc2c(Cl)cccc2OCC1. The fraction of sp³-hybridized carbons (Fsp3) is 0.462. The minimum atomic E-state index is 0.297. The summed E-state index contributed by atoms with van der Waals surface area (Å²) in [5.74, 6) is 1.13. The van der Waals surface area contributed by atoms with Crippen molar-refractivity contribution in [3.8, 4) is 5.75 Å². The number of hydrogen-bond donors (Lipinski definition) is 0. The maximum Gasteiger partial charge on any atom is 0.136 e. The van der Waals surface area contributed by atoms with Gasteiger partial charge in [0.05, 0.1) is 6.61 Å². The summed E-state index contributed by atoms with van der Waals surface area (Å²) >= 11 is 6.14. The van der Waals surface area contributed by atoms with Gasteiger partial charge in [-0.15, -0.1) is 0 Å². The van der Waals surface area contributed by atoms with Crippen LogP contribution in [0, 0.1) is 0 Å². The number of halogens is 1. The fourth-order valence-electron chi connectivity index (χ4n) is 1.94. The van der Waals surface area contributed by atoms with Crippen LogP contribution in [0.2, 0.25) is 5.02 Å². The van der Waals surface area contributed by atoms with E-state index in [9.17, 15) is 4.79 Å². The Morgan fingerprint density at radius 1 is 1.12 bits per heavy atom. The zero-order chi connectivity index (χ0) is 11.4. The smallest absolute Gasteiger partial charge is 0.136 e. The average molecular weight is 239 g/mol. The summed E-state index contributed by atoms with van der Waals surface area (Å²) in [6.07, 6.45) is 4.01. The standard InChI is InChI=1S/C13H15ClO2/c14-12-6-3-7-13-11(12)5-2-1-4-10(15)8-9-16-13/h3,6-7H,1-2,4-5,8-9H2. The molecule has 3 heteroatoms. The molecule has 0 saturated carbocycles. The Bertz CT molecular complexity index is 388. The summed E-state index contributed by atoms with van der Waals surface area (Å²) in [6.45, 7) is 0.464. The summed E-state index contributed by atoms with van der Waals surface area (Å²) in [5, 5.41) is 0.768. The molecular formula is C13H15ClO2. The van der Waals surface area contributed by atoms with Crippen LogP contribution in [-0.2, 0) is 11.2 Å². The highest BCUT2D eigenvalue weighted by Gasteiger charge is 2.11. The molecular weight excluding hydrogens is 224 g/mol. The topological polar surface area (TPSA) is 26.3 Å². The third kappa shape index (κ3) is 2.76. The van der Waals surface area contributed by atoms with Crippen LogP contribution in [0.3, 0.4) is 0 Å². The molecule has 1 aromatic carbocycles. The van der Waals surface area contributed by atoms with E-state index in [0.29, 0.717) is 25.2 Å². The zero-order valence-corrected chi connectivity index (χ0v) is 9.93. The molecule has 2 rings (SSSR count). The molecule has 0 N–H and O–H groups in total. The van der Waals surface area contributed by atoms with E-state index < -0.39 is 0 Å². The predicted octanol–water partition coefficient (Wildman–Crippen LogP) is 3.40. The normalized spacial score (nSPS) is 17.4. The molecule has 0 bridgehead atoms. The Balaban J connectivity index is 2.19. The summed E-state index contributed by atoms with van der Waals surface area (Å²) < 4.78 is 5.61. The number of fused-ring (bicyclic) bond motifs is 1. The van der Waals surface area contributed by atoms with Crippen LogP contribution >= 0.6 is 11.6 Å². The predicted molar refractivity (Wildman–Crippen MR) is 64.1 cm³/mol. The average Bonchev–Trinajstić information content (AvgIpc) is 2.27. The Morgan fingerprint density at radius 3 is 2.81 bits per heavy atom. The third-order valence-electron chi connectivity index (χ3n) is 2.85. The molecule has 0 aromatic heterocycles. The first kappa shape index (κ1) is 11.5. The van der Waals surface area contributed by atoms with Gasteiger partial charge in [0.15, 0.2) is 0 Å². The summed E-state index contributed by atoms with van der Waals surface area (Å²) in [4.78, 5) is 11.4. The second kappa shape index (κ2) is 5.35. The Labute approximate surface area is 101 Å². The lowest BCUT2D eigenvalue weighted by molar-refractivity contribution is -0.119. The lowest BCUT2D eigenvalue weighted by Gasteiger charge is -2.14. The van der Waals surface area contributed by atoms with Gasteiger partial charge in [-0.05, 0) is 31.4 Å². The van der Waals surface area contributed by atoms with Crippen LogP contribution in [-0.4, -0.2) is 12.4 Å². The van der Waals surface area contributed by atoms with Crippen LogP contribution in [0.5, 0.6) is 5.75 Å². The molecule has 0 atom stereocenters. The van der Waals surface area contributed by atoms with Crippen molar-refractivity contribution in [3.63, 3.8) is 0 Å². The van der Waals surface area contributed by atoms with Crippen LogP contribution in [0.15, 0.2) is 18.2 Å². The Hall–Kier alpha value is -1.02. The quantitative estimate of drug-likeness (QED) is 0.693. The molecule has 0 aliphatic carbocycles. The second-order valence-electron chi connectivity index (χ2n) is 4.06. The molecule has 1 aliphatic heterocycles. The van der Waals surface area contributed by atoms with Gasteiger partial charge in [0, 0.05) is 23.4 Å². The maximum atomic E-state index is 11.4. The first-order valence-electron chi connectivity index (χ1n) is 5.69. The van der Waals surface area contributed by atoms with E-state index in [2.05, 4.69) is 0 Å².